The molecule has 0 N–H and O–H groups in total. The molecule has 0 saturated heterocycles. The van der Waals surface area contributed by atoms with E-state index in [0.717, 1.165) is 44.8 Å². The third-order valence-electron chi connectivity index (χ3n) is 7.77. The van der Waals surface area contributed by atoms with E-state index in [-0.39, 0.29) is 11.8 Å². The molecular formula is C32H28N2O2. The summed E-state index contributed by atoms with van der Waals surface area (Å²) in [7, 11) is 0. The third kappa shape index (κ3) is 2.54. The van der Waals surface area contributed by atoms with Crippen molar-refractivity contribution in [2.24, 2.45) is 0 Å². The molecule has 0 aliphatic carbocycles. The molecule has 2 atom stereocenters. The fraction of sp³-hybridized carbons (Fsp3) is 0.188. The van der Waals surface area contributed by atoms with Crippen LogP contribution in [0.25, 0.3) is 0 Å². The van der Waals surface area contributed by atoms with Crippen molar-refractivity contribution in [1.82, 2.24) is 0 Å². The Morgan fingerprint density at radius 3 is 1.25 bits per heavy atom. The normalized spacial score (nSPS) is 21.7. The highest BCUT2D eigenvalue weighted by Crippen LogP contribution is 2.70. The predicted molar refractivity (Wildman–Crippen MR) is 143 cm³/mol. The van der Waals surface area contributed by atoms with E-state index < -0.39 is 11.1 Å². The van der Waals surface area contributed by atoms with E-state index in [4.69, 9.17) is 0 Å². The number of nitrogens with zero attached hydrogens (tertiary/aromatic N) is 2. The van der Waals surface area contributed by atoms with Gasteiger partial charge in [-0.1, -0.05) is 96.1 Å². The van der Waals surface area contributed by atoms with E-state index in [9.17, 15) is 9.59 Å². The topological polar surface area (TPSA) is 40.6 Å². The third-order valence-corrected chi connectivity index (χ3v) is 7.77. The van der Waals surface area contributed by atoms with Crippen LogP contribution in [0.15, 0.2) is 97.1 Å². The minimum absolute atomic E-state index is 0.0698. The van der Waals surface area contributed by atoms with E-state index >= 15 is 0 Å². The monoisotopic (exact) mass is 472 g/mol. The van der Waals surface area contributed by atoms with Gasteiger partial charge in [0.2, 0.25) is 11.8 Å². The Morgan fingerprint density at radius 1 is 0.556 bits per heavy atom. The number of benzene rings is 4. The Morgan fingerprint density at radius 2 is 0.917 bits per heavy atom. The number of aryl methyl sites for hydroxylation is 2. The molecule has 4 aromatic rings. The molecule has 0 fully saturated rings. The number of hydrogen-bond acceptors (Lipinski definition) is 2. The number of carbonyl (C=O) groups excluding carboxylic acids is 2. The molecule has 0 spiro atoms. The van der Waals surface area contributed by atoms with Crippen molar-refractivity contribution in [2.75, 3.05) is 9.80 Å². The largest absolute Gasteiger partial charge is 0.295 e. The fourth-order valence-corrected chi connectivity index (χ4v) is 6.74. The van der Waals surface area contributed by atoms with Gasteiger partial charge in [-0.15, -0.1) is 0 Å². The second-order valence-corrected chi connectivity index (χ2v) is 9.90. The van der Waals surface area contributed by atoms with Gasteiger partial charge in [0, 0.05) is 25.0 Å². The summed E-state index contributed by atoms with van der Waals surface area (Å²) in [6, 6.07) is 32.8. The maximum Gasteiger partial charge on any atom is 0.225 e. The van der Waals surface area contributed by atoms with Gasteiger partial charge in [0.05, 0.1) is 11.4 Å². The molecule has 0 radical (unpaired) electrons. The lowest BCUT2D eigenvalue weighted by Gasteiger charge is -2.49. The number of amides is 2. The Hall–Kier alpha value is -4.18. The second kappa shape index (κ2) is 7.66. The van der Waals surface area contributed by atoms with Crippen LogP contribution in [0.1, 0.15) is 47.2 Å². The summed E-state index contributed by atoms with van der Waals surface area (Å²) in [4.78, 5) is 31.4. The number of carbonyl (C=O) groups is 2. The summed E-state index contributed by atoms with van der Waals surface area (Å²) in [5.74, 6) is -0.140. The van der Waals surface area contributed by atoms with Crippen molar-refractivity contribution in [1.29, 1.82) is 0 Å². The van der Waals surface area contributed by atoms with Gasteiger partial charge in [0.1, 0.15) is 11.1 Å². The van der Waals surface area contributed by atoms with Crippen LogP contribution in [-0.2, 0) is 20.7 Å². The minimum Gasteiger partial charge on any atom is -0.295 e. The molecule has 2 amide bonds. The molecule has 0 saturated carbocycles. The van der Waals surface area contributed by atoms with E-state index in [1.807, 2.05) is 70.5 Å². The van der Waals surface area contributed by atoms with Gasteiger partial charge in [0.15, 0.2) is 0 Å². The van der Waals surface area contributed by atoms with Gasteiger partial charge >= 0.3 is 0 Å². The maximum absolute atomic E-state index is 13.8. The van der Waals surface area contributed by atoms with E-state index in [0.29, 0.717) is 0 Å². The second-order valence-electron chi connectivity index (χ2n) is 9.90. The van der Waals surface area contributed by atoms with Crippen LogP contribution < -0.4 is 9.80 Å². The summed E-state index contributed by atoms with van der Waals surface area (Å²) in [5, 5.41) is 0. The molecule has 4 heteroatoms. The maximum atomic E-state index is 13.8. The molecule has 2 unspecified atom stereocenters. The van der Waals surface area contributed by atoms with Crippen LogP contribution in [-0.4, -0.2) is 11.8 Å². The first-order valence-electron chi connectivity index (χ1n) is 12.3. The van der Waals surface area contributed by atoms with Gasteiger partial charge in [-0.25, -0.2) is 0 Å². The highest BCUT2D eigenvalue weighted by Gasteiger charge is 2.73. The SMILES string of the molecule is CC(=O)N1c2ccc(C)cc2C2(c3ccccc3)N(C(C)=O)c3ccc(C)cc3C12c1ccccc1. The average molecular weight is 473 g/mol. The van der Waals surface area contributed by atoms with Crippen LogP contribution >= 0.6 is 0 Å². The summed E-state index contributed by atoms with van der Waals surface area (Å²) in [5.41, 5.74) is 5.67. The van der Waals surface area contributed by atoms with Crippen LogP contribution in [0.3, 0.4) is 0 Å². The highest BCUT2D eigenvalue weighted by atomic mass is 16.2. The first-order chi connectivity index (χ1) is 17.3. The smallest absolute Gasteiger partial charge is 0.225 e. The van der Waals surface area contributed by atoms with Crippen LogP contribution in [0, 0.1) is 13.8 Å². The zero-order chi connectivity index (χ0) is 25.2. The Kier molecular flexibility index (Phi) is 4.74. The summed E-state index contributed by atoms with van der Waals surface area (Å²) in [6.45, 7) is 7.37. The van der Waals surface area contributed by atoms with Gasteiger partial charge in [0.25, 0.3) is 0 Å². The lowest BCUT2D eigenvalue weighted by Crippen LogP contribution is -2.62. The molecule has 2 aliphatic heterocycles. The van der Waals surface area contributed by atoms with Gasteiger partial charge in [-0.2, -0.15) is 0 Å². The predicted octanol–water partition coefficient (Wildman–Crippen LogP) is 6.22. The van der Waals surface area contributed by atoms with E-state index in [1.165, 1.54) is 0 Å². The van der Waals surface area contributed by atoms with Crippen molar-refractivity contribution in [3.63, 3.8) is 0 Å². The van der Waals surface area contributed by atoms with Crippen molar-refractivity contribution in [3.8, 4) is 0 Å². The number of fused-ring (bicyclic) bond motifs is 5. The fourth-order valence-electron chi connectivity index (χ4n) is 6.74. The molecular weight excluding hydrogens is 444 g/mol. The Bertz CT molecular complexity index is 1410. The van der Waals surface area contributed by atoms with Crippen LogP contribution in [0.4, 0.5) is 11.4 Å². The molecule has 2 heterocycles. The van der Waals surface area contributed by atoms with Crippen molar-refractivity contribution in [2.45, 2.75) is 38.8 Å². The molecule has 0 bridgehead atoms. The zero-order valence-electron chi connectivity index (χ0n) is 20.9. The molecule has 4 nitrogen and oxygen atoms in total. The number of hydrogen-bond donors (Lipinski definition) is 0. The molecule has 2 aliphatic rings. The van der Waals surface area contributed by atoms with E-state index in [2.05, 4.69) is 50.2 Å². The highest BCUT2D eigenvalue weighted by molar-refractivity contribution is 6.08. The lowest BCUT2D eigenvalue weighted by atomic mass is 9.65. The zero-order valence-corrected chi connectivity index (χ0v) is 20.9. The van der Waals surface area contributed by atoms with Crippen molar-refractivity contribution < 1.29 is 9.59 Å². The minimum atomic E-state index is -0.995. The van der Waals surface area contributed by atoms with Gasteiger partial charge in [-0.3, -0.25) is 19.4 Å². The molecule has 178 valence electrons. The summed E-state index contributed by atoms with van der Waals surface area (Å²) in [6.07, 6.45) is 0. The van der Waals surface area contributed by atoms with Crippen LogP contribution in [0.2, 0.25) is 0 Å². The summed E-state index contributed by atoms with van der Waals surface area (Å²) < 4.78 is 0. The lowest BCUT2D eigenvalue weighted by molar-refractivity contribution is -0.119. The van der Waals surface area contributed by atoms with E-state index in [1.54, 1.807) is 13.8 Å². The first-order valence-corrected chi connectivity index (χ1v) is 12.3. The molecule has 4 aromatic carbocycles. The Labute approximate surface area is 211 Å². The summed E-state index contributed by atoms with van der Waals surface area (Å²) >= 11 is 0. The molecule has 0 aromatic heterocycles. The first kappa shape index (κ1) is 22.3. The van der Waals surface area contributed by atoms with Crippen molar-refractivity contribution in [3.05, 3.63) is 130 Å². The molecule has 6 rings (SSSR count). The number of anilines is 2. The number of rotatable bonds is 2. The average Bonchev–Trinajstić information content (AvgIpc) is 3.29. The van der Waals surface area contributed by atoms with Gasteiger partial charge in [-0.05, 0) is 37.1 Å². The Balaban J connectivity index is 1.94. The molecule has 36 heavy (non-hydrogen) atoms. The standard InChI is InChI=1S/C32H28N2O2/c1-21-15-17-29-27(19-21)31(25-11-7-5-8-12-25)32(33(29)23(3)35,26-13-9-6-10-14-26)28-20-22(2)16-18-30(28)34(31)24(4)36/h5-20H,1-4H3. The van der Waals surface area contributed by atoms with Crippen molar-refractivity contribution >= 4 is 23.2 Å². The van der Waals surface area contributed by atoms with Crippen LogP contribution in [0.5, 0.6) is 0 Å². The van der Waals surface area contributed by atoms with Gasteiger partial charge < -0.3 is 0 Å². The quantitative estimate of drug-likeness (QED) is 0.347.